The van der Waals surface area contributed by atoms with Gasteiger partial charge < -0.3 is 20.5 Å². The highest BCUT2D eigenvalue weighted by Crippen LogP contribution is 2.25. The van der Waals surface area contributed by atoms with Crippen LogP contribution < -0.4 is 15.4 Å². The predicted molar refractivity (Wildman–Crippen MR) is 88.2 cm³/mol. The summed E-state index contributed by atoms with van der Waals surface area (Å²) in [5, 5.41) is 15.8. The molecule has 0 radical (unpaired) electrons. The summed E-state index contributed by atoms with van der Waals surface area (Å²) >= 11 is 0. The molecule has 124 valence electrons. The molecule has 0 bridgehead atoms. The maximum absolute atomic E-state index is 12.0. The van der Waals surface area contributed by atoms with Crippen LogP contribution >= 0.6 is 0 Å². The average molecular weight is 308 g/mol. The zero-order valence-corrected chi connectivity index (χ0v) is 14.2. The zero-order valence-electron chi connectivity index (χ0n) is 14.2. The largest absolute Gasteiger partial charge is 0.496 e. The minimum Gasteiger partial charge on any atom is -0.496 e. The first kappa shape index (κ1) is 18.3. The highest BCUT2D eigenvalue weighted by molar-refractivity contribution is 5.74. The number of nitrogens with one attached hydrogen (secondary N) is 2. The third-order valence-electron chi connectivity index (χ3n) is 4.09. The van der Waals surface area contributed by atoms with Gasteiger partial charge in [-0.15, -0.1) is 0 Å². The first-order valence-electron chi connectivity index (χ1n) is 7.76. The molecule has 1 atom stereocenters. The Kier molecular flexibility index (Phi) is 6.68. The van der Waals surface area contributed by atoms with Gasteiger partial charge >= 0.3 is 6.03 Å². The average Bonchev–Trinajstić information content (AvgIpc) is 2.52. The molecule has 0 fully saturated rings. The van der Waals surface area contributed by atoms with Gasteiger partial charge in [0.25, 0.3) is 0 Å². The van der Waals surface area contributed by atoms with Gasteiger partial charge in [-0.25, -0.2) is 4.79 Å². The lowest BCUT2D eigenvalue weighted by Gasteiger charge is -2.26. The first-order valence-corrected chi connectivity index (χ1v) is 7.76. The van der Waals surface area contributed by atoms with Crippen LogP contribution in [0.2, 0.25) is 0 Å². The molecule has 1 aromatic rings. The molecule has 1 unspecified atom stereocenters. The monoisotopic (exact) mass is 308 g/mol. The van der Waals surface area contributed by atoms with Gasteiger partial charge in [-0.3, -0.25) is 0 Å². The molecule has 0 aliphatic rings. The van der Waals surface area contributed by atoms with E-state index in [4.69, 9.17) is 4.74 Å². The van der Waals surface area contributed by atoms with Crippen molar-refractivity contribution in [2.45, 2.75) is 52.2 Å². The van der Waals surface area contributed by atoms with Gasteiger partial charge in [0.2, 0.25) is 0 Å². The second-order valence-corrected chi connectivity index (χ2v) is 5.73. The standard InChI is InChI=1S/C17H28N2O3/c1-6-17(21,7-2)11-18-16(20)19-13(4)14-10-12(3)8-9-15(14)22-5/h8-10,13,21H,6-7,11H2,1-5H3,(H2,18,19,20). The maximum atomic E-state index is 12.0. The first-order chi connectivity index (χ1) is 10.3. The van der Waals surface area contributed by atoms with Crippen molar-refractivity contribution in [1.29, 1.82) is 0 Å². The molecule has 0 spiro atoms. The summed E-state index contributed by atoms with van der Waals surface area (Å²) in [6.45, 7) is 7.96. The van der Waals surface area contributed by atoms with Crippen LogP contribution in [-0.4, -0.2) is 30.4 Å². The summed E-state index contributed by atoms with van der Waals surface area (Å²) in [6.07, 6.45) is 1.20. The van der Waals surface area contributed by atoms with Gasteiger partial charge in [-0.1, -0.05) is 31.5 Å². The van der Waals surface area contributed by atoms with Crippen LogP contribution in [-0.2, 0) is 0 Å². The van der Waals surface area contributed by atoms with Crippen LogP contribution in [0.3, 0.4) is 0 Å². The molecule has 0 saturated heterocycles. The lowest BCUT2D eigenvalue weighted by molar-refractivity contribution is 0.0349. The number of methoxy groups -OCH3 is 1. The van der Waals surface area contributed by atoms with E-state index in [1.165, 1.54) is 0 Å². The van der Waals surface area contributed by atoms with Crippen LogP contribution in [0, 0.1) is 6.92 Å². The highest BCUT2D eigenvalue weighted by atomic mass is 16.5. The number of ether oxygens (including phenoxy) is 1. The molecule has 3 N–H and O–H groups in total. The molecule has 0 saturated carbocycles. The summed E-state index contributed by atoms with van der Waals surface area (Å²) in [4.78, 5) is 12.0. The second kappa shape index (κ2) is 8.03. The summed E-state index contributed by atoms with van der Waals surface area (Å²) in [5.41, 5.74) is 1.19. The van der Waals surface area contributed by atoms with E-state index >= 15 is 0 Å². The number of amides is 2. The summed E-state index contributed by atoms with van der Waals surface area (Å²) < 4.78 is 5.34. The van der Waals surface area contributed by atoms with Crippen LogP contribution in [0.5, 0.6) is 5.75 Å². The van der Waals surface area contributed by atoms with Gasteiger partial charge in [-0.2, -0.15) is 0 Å². The molecule has 0 aromatic heterocycles. The molecule has 5 nitrogen and oxygen atoms in total. The van der Waals surface area contributed by atoms with E-state index in [0.29, 0.717) is 12.8 Å². The molecular formula is C17H28N2O3. The Morgan fingerprint density at radius 3 is 2.55 bits per heavy atom. The van der Waals surface area contributed by atoms with E-state index < -0.39 is 5.60 Å². The van der Waals surface area contributed by atoms with Gasteiger partial charge in [0.1, 0.15) is 5.75 Å². The van der Waals surface area contributed by atoms with Gasteiger partial charge in [0, 0.05) is 12.1 Å². The Balaban J connectivity index is 2.67. The third kappa shape index (κ3) is 4.91. The van der Waals surface area contributed by atoms with Crippen molar-refractivity contribution in [3.63, 3.8) is 0 Å². The minimum absolute atomic E-state index is 0.189. The number of carbonyl (C=O) groups is 1. The topological polar surface area (TPSA) is 70.6 Å². The molecule has 0 aliphatic heterocycles. The molecule has 22 heavy (non-hydrogen) atoms. The van der Waals surface area contributed by atoms with Crippen molar-refractivity contribution in [1.82, 2.24) is 10.6 Å². The smallest absolute Gasteiger partial charge is 0.315 e. The Hall–Kier alpha value is -1.75. The van der Waals surface area contributed by atoms with E-state index in [9.17, 15) is 9.90 Å². The number of urea groups is 1. The molecule has 1 rings (SSSR count). The van der Waals surface area contributed by atoms with Gasteiger partial charge in [0.15, 0.2) is 0 Å². The molecule has 1 aromatic carbocycles. The lowest BCUT2D eigenvalue weighted by Crippen LogP contribution is -2.46. The highest BCUT2D eigenvalue weighted by Gasteiger charge is 2.23. The molecular weight excluding hydrogens is 280 g/mol. The van der Waals surface area contributed by atoms with Crippen molar-refractivity contribution < 1.29 is 14.6 Å². The Labute approximate surface area is 133 Å². The quantitative estimate of drug-likeness (QED) is 0.725. The Bertz CT molecular complexity index is 499. The normalized spacial score (nSPS) is 12.6. The number of carbonyl (C=O) groups excluding carboxylic acids is 1. The summed E-state index contributed by atoms with van der Waals surface area (Å²) in [5.74, 6) is 0.747. The van der Waals surface area contributed by atoms with Crippen molar-refractivity contribution in [2.24, 2.45) is 0 Å². The predicted octanol–water partition coefficient (Wildman–Crippen LogP) is 2.91. The maximum Gasteiger partial charge on any atom is 0.315 e. The van der Waals surface area contributed by atoms with E-state index in [0.717, 1.165) is 16.9 Å². The van der Waals surface area contributed by atoms with Gasteiger partial charge in [0.05, 0.1) is 18.8 Å². The molecule has 0 aliphatic carbocycles. The molecule has 0 heterocycles. The fourth-order valence-corrected chi connectivity index (χ4v) is 2.26. The summed E-state index contributed by atoms with van der Waals surface area (Å²) in [6, 6.07) is 5.38. The number of hydrogen-bond acceptors (Lipinski definition) is 3. The van der Waals surface area contributed by atoms with Crippen LogP contribution in [0.4, 0.5) is 4.79 Å². The van der Waals surface area contributed by atoms with Crippen molar-refractivity contribution in [3.05, 3.63) is 29.3 Å². The van der Waals surface area contributed by atoms with Crippen molar-refractivity contribution >= 4 is 6.03 Å². The minimum atomic E-state index is -0.846. The number of aliphatic hydroxyl groups is 1. The number of rotatable bonds is 7. The third-order valence-corrected chi connectivity index (χ3v) is 4.09. The molecule has 5 heteroatoms. The number of aryl methyl sites for hydroxylation is 1. The SMILES string of the molecule is CCC(O)(CC)CNC(=O)NC(C)c1cc(C)ccc1OC. The Morgan fingerprint density at radius 2 is 2.00 bits per heavy atom. The zero-order chi connectivity index (χ0) is 16.8. The van der Waals surface area contributed by atoms with E-state index in [-0.39, 0.29) is 18.6 Å². The van der Waals surface area contributed by atoms with E-state index in [2.05, 4.69) is 10.6 Å². The van der Waals surface area contributed by atoms with Crippen LogP contribution in [0.1, 0.15) is 50.8 Å². The second-order valence-electron chi connectivity index (χ2n) is 5.73. The Morgan fingerprint density at radius 1 is 1.36 bits per heavy atom. The molecule has 2 amide bonds. The summed E-state index contributed by atoms with van der Waals surface area (Å²) in [7, 11) is 1.61. The fourth-order valence-electron chi connectivity index (χ4n) is 2.26. The van der Waals surface area contributed by atoms with Crippen molar-refractivity contribution in [3.8, 4) is 5.75 Å². The fraction of sp³-hybridized carbons (Fsp3) is 0.588. The lowest BCUT2D eigenvalue weighted by atomic mass is 9.98. The van der Waals surface area contributed by atoms with Gasteiger partial charge in [-0.05, 0) is 32.8 Å². The van der Waals surface area contributed by atoms with Crippen molar-refractivity contribution in [2.75, 3.05) is 13.7 Å². The number of hydrogen-bond donors (Lipinski definition) is 3. The van der Waals surface area contributed by atoms with E-state index in [1.54, 1.807) is 7.11 Å². The van der Waals surface area contributed by atoms with E-state index in [1.807, 2.05) is 45.9 Å². The van der Waals surface area contributed by atoms with Crippen LogP contribution in [0.25, 0.3) is 0 Å². The van der Waals surface area contributed by atoms with Crippen LogP contribution in [0.15, 0.2) is 18.2 Å². The number of benzene rings is 1.